The summed E-state index contributed by atoms with van der Waals surface area (Å²) in [6, 6.07) is 11.4. The lowest BCUT2D eigenvalue weighted by Crippen LogP contribution is -2.14. The second-order valence-electron chi connectivity index (χ2n) is 5.26. The topological polar surface area (TPSA) is 99.4 Å². The monoisotopic (exact) mass is 588 g/mol. The largest absolute Gasteiger partial charge is 0.492 e. The van der Waals surface area contributed by atoms with Gasteiger partial charge >= 0.3 is 5.97 Å². The van der Waals surface area contributed by atoms with Gasteiger partial charge in [0.25, 0.3) is 5.91 Å². The molecule has 8 heteroatoms. The summed E-state index contributed by atoms with van der Waals surface area (Å²) in [5.74, 6) is -0.941. The normalized spacial score (nSPS) is 10.8. The maximum Gasteiger partial charge on any atom is 0.335 e. The van der Waals surface area contributed by atoms with Gasteiger partial charge in [0.05, 0.1) is 19.3 Å². The second-order valence-corrected chi connectivity index (χ2v) is 7.58. The number of hydrogen-bond acceptors (Lipinski definition) is 4. The number of rotatable bonds is 6. The molecule has 0 saturated heterocycles. The van der Waals surface area contributed by atoms with Gasteiger partial charge in [0.15, 0.2) is 0 Å². The Balaban J connectivity index is 2.28. The van der Waals surface area contributed by atoms with Crippen LogP contribution in [0.3, 0.4) is 0 Å². The Labute approximate surface area is 183 Å². The van der Waals surface area contributed by atoms with Crippen molar-refractivity contribution in [2.24, 2.45) is 0 Å². The van der Waals surface area contributed by atoms with Gasteiger partial charge in [-0.05, 0) is 94.1 Å². The molecule has 0 aliphatic carbocycles. The molecule has 0 heterocycles. The summed E-state index contributed by atoms with van der Waals surface area (Å²) in [6.45, 7) is 2.44. The Bertz CT molecular complexity index is 941. The van der Waals surface area contributed by atoms with E-state index in [-0.39, 0.29) is 11.1 Å². The Morgan fingerprint density at radius 2 is 1.93 bits per heavy atom. The number of benzene rings is 2. The maximum absolute atomic E-state index is 12.4. The number of nitrogens with zero attached hydrogens (tertiary/aromatic N) is 1. The van der Waals surface area contributed by atoms with Crippen molar-refractivity contribution in [1.29, 1.82) is 5.26 Å². The summed E-state index contributed by atoms with van der Waals surface area (Å²) >= 11 is 4.28. The molecular weight excluding hydrogens is 574 g/mol. The van der Waals surface area contributed by atoms with Crippen molar-refractivity contribution in [3.05, 3.63) is 60.2 Å². The predicted octanol–water partition coefficient (Wildman–Crippen LogP) is 4.54. The number of anilines is 1. The van der Waals surface area contributed by atoms with Gasteiger partial charge in [-0.25, -0.2) is 4.79 Å². The fourth-order valence-electron chi connectivity index (χ4n) is 2.19. The molecular formula is C19H14I2N2O4. The molecule has 0 aliphatic heterocycles. The molecule has 0 bridgehead atoms. The van der Waals surface area contributed by atoms with E-state index in [1.807, 2.05) is 25.1 Å². The smallest absolute Gasteiger partial charge is 0.335 e. The summed E-state index contributed by atoms with van der Waals surface area (Å²) in [4.78, 5) is 23.4. The lowest BCUT2D eigenvalue weighted by Gasteiger charge is -2.10. The average molecular weight is 588 g/mol. The van der Waals surface area contributed by atoms with Gasteiger partial charge in [0.1, 0.15) is 17.4 Å². The molecule has 2 aromatic rings. The minimum absolute atomic E-state index is 0.0471. The third-order valence-electron chi connectivity index (χ3n) is 3.35. The number of amides is 1. The molecule has 0 aliphatic rings. The van der Waals surface area contributed by atoms with Crippen LogP contribution in [0.15, 0.2) is 42.0 Å². The highest BCUT2D eigenvalue weighted by atomic mass is 127. The number of carbonyl (C=O) groups excluding carboxylic acids is 1. The molecule has 0 atom stereocenters. The fraction of sp³-hybridized carbons (Fsp3) is 0.105. The fourth-order valence-corrected chi connectivity index (χ4v) is 4.32. The predicted molar refractivity (Wildman–Crippen MR) is 119 cm³/mol. The quantitative estimate of drug-likeness (QED) is 0.294. The van der Waals surface area contributed by atoms with E-state index in [1.54, 1.807) is 6.07 Å². The van der Waals surface area contributed by atoms with Crippen molar-refractivity contribution in [1.82, 2.24) is 0 Å². The summed E-state index contributed by atoms with van der Waals surface area (Å²) < 4.78 is 7.33. The molecule has 0 unspecified atom stereocenters. The van der Waals surface area contributed by atoms with Crippen molar-refractivity contribution in [3.8, 4) is 11.8 Å². The number of hydrogen-bond donors (Lipinski definition) is 2. The third kappa shape index (κ3) is 5.67. The SMILES string of the molecule is CCOc1c(I)cc(C=C(C#N)C(=O)Nc2cccc(C(=O)O)c2)cc1I. The van der Waals surface area contributed by atoms with Gasteiger partial charge < -0.3 is 15.2 Å². The Kier molecular flexibility index (Phi) is 7.61. The van der Waals surface area contributed by atoms with Gasteiger partial charge in [-0.1, -0.05) is 6.07 Å². The van der Waals surface area contributed by atoms with Crippen molar-refractivity contribution < 1.29 is 19.4 Å². The molecule has 0 radical (unpaired) electrons. The molecule has 27 heavy (non-hydrogen) atoms. The molecule has 0 aromatic heterocycles. The first kappa shape index (κ1) is 21.2. The van der Waals surface area contributed by atoms with E-state index in [0.717, 1.165) is 12.9 Å². The third-order valence-corrected chi connectivity index (χ3v) is 4.96. The Hall–Kier alpha value is -2.13. The van der Waals surface area contributed by atoms with Crippen LogP contribution in [0.1, 0.15) is 22.8 Å². The van der Waals surface area contributed by atoms with Gasteiger partial charge in [-0.2, -0.15) is 5.26 Å². The molecule has 138 valence electrons. The number of carboxylic acids is 1. The second kappa shape index (κ2) is 9.70. The minimum Gasteiger partial charge on any atom is -0.492 e. The summed E-state index contributed by atoms with van der Waals surface area (Å²) in [5, 5.41) is 20.9. The highest BCUT2D eigenvalue weighted by molar-refractivity contribution is 14.1. The first-order valence-electron chi connectivity index (χ1n) is 7.74. The van der Waals surface area contributed by atoms with Crippen LogP contribution in [0, 0.1) is 18.5 Å². The minimum atomic E-state index is -1.10. The number of carbonyl (C=O) groups is 2. The Morgan fingerprint density at radius 1 is 1.26 bits per heavy atom. The zero-order valence-electron chi connectivity index (χ0n) is 14.1. The van der Waals surface area contributed by atoms with Crippen LogP contribution in [-0.4, -0.2) is 23.6 Å². The maximum atomic E-state index is 12.4. The number of carboxylic acid groups (broad SMARTS) is 1. The highest BCUT2D eigenvalue weighted by Crippen LogP contribution is 2.29. The summed E-state index contributed by atoms with van der Waals surface area (Å²) in [7, 11) is 0. The van der Waals surface area contributed by atoms with Gasteiger partial charge in [0.2, 0.25) is 0 Å². The van der Waals surface area contributed by atoms with E-state index >= 15 is 0 Å². The summed E-state index contributed by atoms with van der Waals surface area (Å²) in [6.07, 6.45) is 1.48. The van der Waals surface area contributed by atoms with Crippen LogP contribution in [0.2, 0.25) is 0 Å². The van der Waals surface area contributed by atoms with Crippen LogP contribution < -0.4 is 10.1 Å². The number of nitrogens with one attached hydrogen (secondary N) is 1. The van der Waals surface area contributed by atoms with Gasteiger partial charge in [-0.3, -0.25) is 4.79 Å². The van der Waals surface area contributed by atoms with E-state index in [4.69, 9.17) is 9.84 Å². The van der Waals surface area contributed by atoms with Gasteiger partial charge in [-0.15, -0.1) is 0 Å². The Morgan fingerprint density at radius 3 is 2.48 bits per heavy atom. The number of aromatic carboxylic acids is 1. The van der Waals surface area contributed by atoms with Crippen LogP contribution >= 0.6 is 45.2 Å². The molecule has 2 rings (SSSR count). The first-order valence-corrected chi connectivity index (χ1v) is 9.89. The van der Waals surface area contributed by atoms with Crippen LogP contribution in [0.5, 0.6) is 5.75 Å². The number of ether oxygens (including phenoxy) is 1. The van der Waals surface area contributed by atoms with E-state index in [1.165, 1.54) is 24.3 Å². The highest BCUT2D eigenvalue weighted by Gasteiger charge is 2.13. The van der Waals surface area contributed by atoms with Gasteiger partial charge in [0, 0.05) is 5.69 Å². The molecule has 6 nitrogen and oxygen atoms in total. The van der Waals surface area contributed by atoms with E-state index < -0.39 is 11.9 Å². The first-order chi connectivity index (χ1) is 12.8. The van der Waals surface area contributed by atoms with Crippen LogP contribution in [-0.2, 0) is 4.79 Å². The zero-order chi connectivity index (χ0) is 20.0. The average Bonchev–Trinajstić information content (AvgIpc) is 2.62. The van der Waals surface area contributed by atoms with E-state index in [2.05, 4.69) is 50.5 Å². The van der Waals surface area contributed by atoms with Crippen molar-refractivity contribution in [2.45, 2.75) is 6.92 Å². The van der Waals surface area contributed by atoms with Crippen molar-refractivity contribution in [3.63, 3.8) is 0 Å². The molecule has 0 fully saturated rings. The van der Waals surface area contributed by atoms with Crippen LogP contribution in [0.25, 0.3) is 6.08 Å². The van der Waals surface area contributed by atoms with Crippen molar-refractivity contribution >= 4 is 68.8 Å². The number of halogens is 2. The summed E-state index contributed by atoms with van der Waals surface area (Å²) in [5.41, 5.74) is 0.951. The number of nitriles is 1. The molecule has 0 saturated carbocycles. The molecule has 2 aromatic carbocycles. The van der Waals surface area contributed by atoms with Crippen LogP contribution in [0.4, 0.5) is 5.69 Å². The molecule has 2 N–H and O–H groups in total. The standard InChI is InChI=1S/C19H14I2N2O4/c1-2-27-17-15(20)7-11(8-16(17)21)6-13(10-22)18(24)23-14-5-3-4-12(9-14)19(25)26/h3-9H,2H2,1H3,(H,23,24)(H,25,26). The lowest BCUT2D eigenvalue weighted by molar-refractivity contribution is -0.112. The van der Waals surface area contributed by atoms with E-state index in [9.17, 15) is 14.9 Å². The van der Waals surface area contributed by atoms with E-state index in [0.29, 0.717) is 17.9 Å². The van der Waals surface area contributed by atoms with Crippen molar-refractivity contribution in [2.75, 3.05) is 11.9 Å². The molecule has 0 spiro atoms. The lowest BCUT2D eigenvalue weighted by atomic mass is 10.1. The molecule has 1 amide bonds. The zero-order valence-corrected chi connectivity index (χ0v) is 18.4.